The molecule has 0 bridgehead atoms. The van der Waals surface area contributed by atoms with Crippen molar-refractivity contribution in [1.29, 1.82) is 0 Å². The van der Waals surface area contributed by atoms with E-state index in [1.807, 2.05) is 0 Å². The fraction of sp³-hybridized carbons (Fsp3) is 0.600. The van der Waals surface area contributed by atoms with Crippen molar-refractivity contribution in [2.45, 2.75) is 50.4 Å². The normalized spacial score (nSPS) is 19.0. The summed E-state index contributed by atoms with van der Waals surface area (Å²) in [6.07, 6.45) is 0.405. The molecular weight excluding hydrogens is 267 g/mol. The van der Waals surface area contributed by atoms with Crippen LogP contribution in [0.1, 0.15) is 43.2 Å². The standard InChI is InChI=1S/C15H20F3NO/c16-15(17,18)13-6-4-5-12(9-13)10-19-11-14(20)7-2-1-3-8-14/h4-6,9,19-20H,1-3,7-8,10-11H2. The maximum absolute atomic E-state index is 12.6. The van der Waals surface area contributed by atoms with Crippen molar-refractivity contribution in [1.82, 2.24) is 5.32 Å². The Balaban J connectivity index is 1.88. The second kappa shape index (κ2) is 6.14. The van der Waals surface area contributed by atoms with Gasteiger partial charge in [0.15, 0.2) is 0 Å². The lowest BCUT2D eigenvalue weighted by Crippen LogP contribution is -2.41. The molecule has 0 unspecified atom stereocenters. The molecule has 0 radical (unpaired) electrons. The lowest BCUT2D eigenvalue weighted by Gasteiger charge is -2.32. The van der Waals surface area contributed by atoms with E-state index in [0.29, 0.717) is 18.7 Å². The highest BCUT2D eigenvalue weighted by Gasteiger charge is 2.31. The van der Waals surface area contributed by atoms with Gasteiger partial charge in [-0.3, -0.25) is 0 Å². The zero-order chi connectivity index (χ0) is 14.6. The van der Waals surface area contributed by atoms with E-state index in [1.54, 1.807) is 6.07 Å². The molecule has 112 valence electrons. The van der Waals surface area contributed by atoms with Crippen molar-refractivity contribution in [3.05, 3.63) is 35.4 Å². The van der Waals surface area contributed by atoms with Crippen LogP contribution in [0.25, 0.3) is 0 Å². The molecule has 1 aliphatic rings. The Morgan fingerprint density at radius 1 is 1.15 bits per heavy atom. The van der Waals surface area contributed by atoms with Gasteiger partial charge < -0.3 is 10.4 Å². The first-order valence-corrected chi connectivity index (χ1v) is 6.98. The van der Waals surface area contributed by atoms with Crippen LogP contribution in [0.15, 0.2) is 24.3 Å². The molecule has 1 fully saturated rings. The summed E-state index contributed by atoms with van der Waals surface area (Å²) in [5.41, 5.74) is -0.743. The van der Waals surface area contributed by atoms with E-state index in [0.717, 1.165) is 44.2 Å². The van der Waals surface area contributed by atoms with Gasteiger partial charge in [-0.2, -0.15) is 13.2 Å². The van der Waals surface area contributed by atoms with Crippen LogP contribution in [-0.2, 0) is 12.7 Å². The summed E-state index contributed by atoms with van der Waals surface area (Å²) in [7, 11) is 0. The van der Waals surface area contributed by atoms with Crippen LogP contribution in [0.4, 0.5) is 13.2 Å². The van der Waals surface area contributed by atoms with Crippen LogP contribution >= 0.6 is 0 Å². The van der Waals surface area contributed by atoms with Gasteiger partial charge in [0.2, 0.25) is 0 Å². The Morgan fingerprint density at radius 3 is 2.50 bits per heavy atom. The predicted molar refractivity (Wildman–Crippen MR) is 71.2 cm³/mol. The number of benzene rings is 1. The summed E-state index contributed by atoms with van der Waals surface area (Å²) in [4.78, 5) is 0. The van der Waals surface area contributed by atoms with Gasteiger partial charge in [0, 0.05) is 13.1 Å². The number of aliphatic hydroxyl groups is 1. The minimum Gasteiger partial charge on any atom is -0.389 e. The van der Waals surface area contributed by atoms with E-state index in [-0.39, 0.29) is 0 Å². The number of rotatable bonds is 4. The maximum Gasteiger partial charge on any atom is 0.416 e. The van der Waals surface area contributed by atoms with Gasteiger partial charge >= 0.3 is 6.18 Å². The lowest BCUT2D eigenvalue weighted by molar-refractivity contribution is -0.137. The number of nitrogens with one attached hydrogen (secondary N) is 1. The predicted octanol–water partition coefficient (Wildman–Crippen LogP) is 3.49. The van der Waals surface area contributed by atoms with E-state index in [1.165, 1.54) is 6.07 Å². The second-order valence-corrected chi connectivity index (χ2v) is 5.59. The van der Waals surface area contributed by atoms with Crippen LogP contribution in [0.2, 0.25) is 0 Å². The number of hydrogen-bond donors (Lipinski definition) is 2. The van der Waals surface area contributed by atoms with Crippen LogP contribution in [0.5, 0.6) is 0 Å². The molecule has 2 nitrogen and oxygen atoms in total. The maximum atomic E-state index is 12.6. The minimum atomic E-state index is -4.31. The molecule has 0 aromatic heterocycles. The largest absolute Gasteiger partial charge is 0.416 e. The summed E-state index contributed by atoms with van der Waals surface area (Å²) >= 11 is 0. The molecule has 1 aliphatic carbocycles. The number of alkyl halides is 3. The average molecular weight is 287 g/mol. The van der Waals surface area contributed by atoms with E-state index in [2.05, 4.69) is 5.32 Å². The van der Waals surface area contributed by atoms with Gasteiger partial charge in [-0.1, -0.05) is 37.5 Å². The zero-order valence-corrected chi connectivity index (χ0v) is 11.3. The molecular formula is C15H20F3NO. The van der Waals surface area contributed by atoms with Crippen molar-refractivity contribution in [2.75, 3.05) is 6.54 Å². The molecule has 1 saturated carbocycles. The molecule has 0 heterocycles. The van der Waals surface area contributed by atoms with E-state index < -0.39 is 17.3 Å². The van der Waals surface area contributed by atoms with Crippen LogP contribution in [0, 0.1) is 0 Å². The molecule has 0 atom stereocenters. The molecule has 1 aromatic rings. The molecule has 2 N–H and O–H groups in total. The highest BCUT2D eigenvalue weighted by atomic mass is 19.4. The van der Waals surface area contributed by atoms with Gasteiger partial charge in [-0.05, 0) is 24.5 Å². The Bertz CT molecular complexity index is 439. The monoisotopic (exact) mass is 287 g/mol. The zero-order valence-electron chi connectivity index (χ0n) is 11.3. The Labute approximate surface area is 117 Å². The lowest BCUT2D eigenvalue weighted by atomic mass is 9.85. The third-order valence-electron chi connectivity index (χ3n) is 3.82. The van der Waals surface area contributed by atoms with E-state index in [9.17, 15) is 18.3 Å². The van der Waals surface area contributed by atoms with Gasteiger partial charge in [0.25, 0.3) is 0 Å². The Morgan fingerprint density at radius 2 is 1.85 bits per heavy atom. The van der Waals surface area contributed by atoms with Crippen molar-refractivity contribution < 1.29 is 18.3 Å². The topological polar surface area (TPSA) is 32.3 Å². The molecule has 20 heavy (non-hydrogen) atoms. The highest BCUT2D eigenvalue weighted by molar-refractivity contribution is 5.25. The van der Waals surface area contributed by atoms with Crippen LogP contribution in [-0.4, -0.2) is 17.3 Å². The van der Waals surface area contributed by atoms with Crippen LogP contribution in [0.3, 0.4) is 0 Å². The number of halogens is 3. The Kier molecular flexibility index (Phi) is 4.70. The first-order valence-electron chi connectivity index (χ1n) is 6.98. The van der Waals surface area contributed by atoms with E-state index in [4.69, 9.17) is 0 Å². The molecule has 1 aromatic carbocycles. The third-order valence-corrected chi connectivity index (χ3v) is 3.82. The quantitative estimate of drug-likeness (QED) is 0.888. The summed E-state index contributed by atoms with van der Waals surface area (Å²) < 4.78 is 37.7. The fourth-order valence-corrected chi connectivity index (χ4v) is 2.68. The second-order valence-electron chi connectivity index (χ2n) is 5.59. The third kappa shape index (κ3) is 4.21. The molecule has 0 saturated heterocycles. The van der Waals surface area contributed by atoms with Gasteiger partial charge in [-0.25, -0.2) is 0 Å². The van der Waals surface area contributed by atoms with E-state index >= 15 is 0 Å². The smallest absolute Gasteiger partial charge is 0.389 e. The summed E-state index contributed by atoms with van der Waals surface area (Å²) in [6, 6.07) is 5.29. The van der Waals surface area contributed by atoms with Crippen molar-refractivity contribution in [3.63, 3.8) is 0 Å². The highest BCUT2D eigenvalue weighted by Crippen LogP contribution is 2.30. The first kappa shape index (κ1) is 15.3. The van der Waals surface area contributed by atoms with Crippen molar-refractivity contribution >= 4 is 0 Å². The summed E-state index contributed by atoms with van der Waals surface area (Å²) in [5.74, 6) is 0. The fourth-order valence-electron chi connectivity index (χ4n) is 2.68. The SMILES string of the molecule is OC1(CNCc2cccc(C(F)(F)F)c2)CCCCC1. The average Bonchev–Trinajstić information content (AvgIpc) is 2.39. The van der Waals surface area contributed by atoms with Gasteiger partial charge in [0.1, 0.15) is 0 Å². The van der Waals surface area contributed by atoms with Gasteiger partial charge in [0.05, 0.1) is 11.2 Å². The Hall–Kier alpha value is -1.07. The molecule has 0 spiro atoms. The van der Waals surface area contributed by atoms with Gasteiger partial charge in [-0.15, -0.1) is 0 Å². The first-order chi connectivity index (χ1) is 9.39. The van der Waals surface area contributed by atoms with Crippen LogP contribution < -0.4 is 5.32 Å². The van der Waals surface area contributed by atoms with Crippen molar-refractivity contribution in [2.24, 2.45) is 0 Å². The number of hydrogen-bond acceptors (Lipinski definition) is 2. The molecule has 0 aliphatic heterocycles. The molecule has 2 rings (SSSR count). The summed E-state index contributed by atoms with van der Waals surface area (Å²) in [5, 5.41) is 13.4. The summed E-state index contributed by atoms with van der Waals surface area (Å²) in [6.45, 7) is 0.773. The molecule has 0 amide bonds. The minimum absolute atomic E-state index is 0.340. The van der Waals surface area contributed by atoms with Crippen molar-refractivity contribution in [3.8, 4) is 0 Å². The molecule has 5 heteroatoms.